The average molecular weight is 273 g/mol. The second-order valence-corrected chi connectivity index (χ2v) is 5.46. The van der Waals surface area contributed by atoms with E-state index in [9.17, 15) is 4.79 Å². The summed E-state index contributed by atoms with van der Waals surface area (Å²) in [6.07, 6.45) is 4.58. The van der Waals surface area contributed by atoms with Gasteiger partial charge in [0.05, 0.1) is 32.7 Å². The first-order chi connectivity index (χ1) is 9.79. The Morgan fingerprint density at radius 2 is 1.95 bits per heavy atom. The van der Waals surface area contributed by atoms with Crippen LogP contribution in [-0.4, -0.2) is 43.5 Å². The van der Waals surface area contributed by atoms with Gasteiger partial charge in [-0.1, -0.05) is 36.9 Å². The number of rotatable bonds is 6. The maximum atomic E-state index is 12.1. The van der Waals surface area contributed by atoms with E-state index in [1.54, 1.807) is 0 Å². The minimum absolute atomic E-state index is 0.318. The lowest BCUT2D eigenvalue weighted by atomic mass is 10.1. The summed E-state index contributed by atoms with van der Waals surface area (Å²) in [5.74, 6) is 0.318. The lowest BCUT2D eigenvalue weighted by Gasteiger charge is -2.31. The minimum Gasteiger partial charge on any atom is -0.331 e. The summed E-state index contributed by atoms with van der Waals surface area (Å²) in [4.78, 5) is 15.7. The molecule has 0 spiro atoms. The van der Waals surface area contributed by atoms with Crippen LogP contribution in [0.5, 0.6) is 0 Å². The van der Waals surface area contributed by atoms with E-state index in [0.717, 1.165) is 45.6 Å². The van der Waals surface area contributed by atoms with Gasteiger partial charge in [0.2, 0.25) is 5.91 Å². The van der Waals surface area contributed by atoms with Crippen molar-refractivity contribution in [2.24, 2.45) is 0 Å². The minimum atomic E-state index is 0.318. The molecule has 108 valence electrons. The molecule has 1 fully saturated rings. The van der Waals surface area contributed by atoms with E-state index in [1.165, 1.54) is 10.5 Å². The van der Waals surface area contributed by atoms with Crippen molar-refractivity contribution < 1.29 is 9.69 Å². The van der Waals surface area contributed by atoms with Crippen molar-refractivity contribution in [1.82, 2.24) is 4.90 Å². The van der Waals surface area contributed by atoms with Gasteiger partial charge in [-0.05, 0) is 24.5 Å². The van der Waals surface area contributed by atoms with E-state index < -0.39 is 0 Å². The maximum absolute atomic E-state index is 12.1. The average Bonchev–Trinajstić information content (AvgIpc) is 2.49. The summed E-state index contributed by atoms with van der Waals surface area (Å²) in [5.41, 5.74) is 1.32. The topological polar surface area (TPSA) is 24.8 Å². The second-order valence-electron chi connectivity index (χ2n) is 5.46. The Hall–Kier alpha value is -1.61. The smallest absolute Gasteiger partial charge is 0.222 e. The fourth-order valence-corrected chi connectivity index (χ4v) is 2.73. The van der Waals surface area contributed by atoms with E-state index in [-0.39, 0.29) is 0 Å². The number of carbonyl (C=O) groups excluding carboxylic acids is 1. The molecule has 3 nitrogen and oxygen atoms in total. The van der Waals surface area contributed by atoms with E-state index in [2.05, 4.69) is 30.8 Å². The first kappa shape index (κ1) is 14.8. The molecule has 0 saturated carbocycles. The van der Waals surface area contributed by atoms with Crippen LogP contribution in [0.2, 0.25) is 0 Å². The van der Waals surface area contributed by atoms with Crippen molar-refractivity contribution in [3.63, 3.8) is 0 Å². The van der Waals surface area contributed by atoms with E-state index in [0.29, 0.717) is 12.3 Å². The molecule has 1 N–H and O–H groups in total. The summed E-state index contributed by atoms with van der Waals surface area (Å²) >= 11 is 0. The Morgan fingerprint density at radius 1 is 1.25 bits per heavy atom. The lowest BCUT2D eigenvalue weighted by molar-refractivity contribution is -0.898. The van der Waals surface area contributed by atoms with Gasteiger partial charge < -0.3 is 9.80 Å². The fourth-order valence-electron chi connectivity index (χ4n) is 2.73. The number of benzene rings is 1. The van der Waals surface area contributed by atoms with Crippen molar-refractivity contribution in [2.75, 3.05) is 32.7 Å². The number of aryl methyl sites for hydroxylation is 1. The Labute approximate surface area is 121 Å². The number of piperazine rings is 1. The lowest BCUT2D eigenvalue weighted by Crippen LogP contribution is -3.14. The molecule has 0 atom stereocenters. The van der Waals surface area contributed by atoms with Crippen LogP contribution in [0.4, 0.5) is 0 Å². The van der Waals surface area contributed by atoms with Gasteiger partial charge in [0.25, 0.3) is 0 Å². The quantitative estimate of drug-likeness (QED) is 0.766. The molecule has 1 aliphatic rings. The zero-order chi connectivity index (χ0) is 14.2. The molecule has 1 amide bonds. The highest BCUT2D eigenvalue weighted by molar-refractivity contribution is 5.76. The molecule has 1 aromatic rings. The fraction of sp³-hybridized carbons (Fsp3) is 0.471. The van der Waals surface area contributed by atoms with Gasteiger partial charge in [0, 0.05) is 6.42 Å². The van der Waals surface area contributed by atoms with Gasteiger partial charge in [-0.25, -0.2) is 0 Å². The van der Waals surface area contributed by atoms with Gasteiger partial charge >= 0.3 is 0 Å². The van der Waals surface area contributed by atoms with Gasteiger partial charge in [-0.15, -0.1) is 0 Å². The number of hydrogen-bond acceptors (Lipinski definition) is 1. The van der Waals surface area contributed by atoms with Crippen molar-refractivity contribution in [1.29, 1.82) is 0 Å². The van der Waals surface area contributed by atoms with Crippen LogP contribution in [0.1, 0.15) is 18.4 Å². The molecule has 3 heteroatoms. The van der Waals surface area contributed by atoms with Crippen LogP contribution >= 0.6 is 0 Å². The molecule has 2 rings (SSSR count). The normalized spacial score (nSPS) is 16.1. The molecule has 20 heavy (non-hydrogen) atoms. The summed E-state index contributed by atoms with van der Waals surface area (Å²) < 4.78 is 0. The molecular weight excluding hydrogens is 248 g/mol. The molecule has 0 aliphatic carbocycles. The zero-order valence-corrected chi connectivity index (χ0v) is 12.2. The Balaban J connectivity index is 1.67. The van der Waals surface area contributed by atoms with Gasteiger partial charge in [-0.2, -0.15) is 0 Å². The molecule has 0 radical (unpaired) electrons. The van der Waals surface area contributed by atoms with Crippen molar-refractivity contribution >= 4 is 5.91 Å². The van der Waals surface area contributed by atoms with E-state index >= 15 is 0 Å². The largest absolute Gasteiger partial charge is 0.331 e. The number of amides is 1. The second kappa shape index (κ2) is 7.85. The maximum Gasteiger partial charge on any atom is 0.222 e. The van der Waals surface area contributed by atoms with E-state index in [1.807, 2.05) is 17.0 Å². The SMILES string of the molecule is C=CC[NH+]1CCN(C(=O)CCCc2ccccc2)CC1. The predicted octanol–water partition coefficient (Wildman–Crippen LogP) is 0.922. The molecule has 0 bridgehead atoms. The van der Waals surface area contributed by atoms with Crippen molar-refractivity contribution in [3.05, 3.63) is 48.6 Å². The van der Waals surface area contributed by atoms with Crippen LogP contribution in [0.3, 0.4) is 0 Å². The van der Waals surface area contributed by atoms with Gasteiger partial charge in [0.15, 0.2) is 0 Å². The molecule has 0 unspecified atom stereocenters. The summed E-state index contributed by atoms with van der Waals surface area (Å²) in [7, 11) is 0. The molecular formula is C17H25N2O+. The molecule has 1 aromatic carbocycles. The van der Waals surface area contributed by atoms with E-state index in [4.69, 9.17) is 0 Å². The highest BCUT2D eigenvalue weighted by Crippen LogP contribution is 2.06. The number of hydrogen-bond donors (Lipinski definition) is 1. The highest BCUT2D eigenvalue weighted by Gasteiger charge is 2.22. The van der Waals surface area contributed by atoms with Gasteiger partial charge in [0.1, 0.15) is 0 Å². The third kappa shape index (κ3) is 4.49. The van der Waals surface area contributed by atoms with Crippen LogP contribution in [0.15, 0.2) is 43.0 Å². The van der Waals surface area contributed by atoms with Crippen LogP contribution in [0.25, 0.3) is 0 Å². The number of nitrogens with one attached hydrogen (secondary N) is 1. The van der Waals surface area contributed by atoms with Gasteiger partial charge in [-0.3, -0.25) is 4.79 Å². The molecule has 1 saturated heterocycles. The van der Waals surface area contributed by atoms with Crippen molar-refractivity contribution in [2.45, 2.75) is 19.3 Å². The Morgan fingerprint density at radius 3 is 2.60 bits per heavy atom. The standard InChI is InChI=1S/C17H24N2O/c1-2-11-18-12-14-19(15-13-18)17(20)10-6-9-16-7-4-3-5-8-16/h2-5,7-8H,1,6,9-15H2/p+1. The first-order valence-corrected chi connectivity index (χ1v) is 7.56. The monoisotopic (exact) mass is 273 g/mol. The molecule has 1 heterocycles. The predicted molar refractivity (Wildman–Crippen MR) is 81.7 cm³/mol. The number of carbonyl (C=O) groups is 1. The Bertz CT molecular complexity index is 422. The third-order valence-corrected chi connectivity index (χ3v) is 3.96. The van der Waals surface area contributed by atoms with Crippen molar-refractivity contribution in [3.8, 4) is 0 Å². The van der Waals surface area contributed by atoms with Crippen LogP contribution < -0.4 is 4.90 Å². The Kier molecular flexibility index (Phi) is 5.81. The third-order valence-electron chi connectivity index (χ3n) is 3.96. The summed E-state index contributed by atoms with van der Waals surface area (Å²) in [6.45, 7) is 8.68. The molecule has 0 aromatic heterocycles. The highest BCUT2D eigenvalue weighted by atomic mass is 16.2. The molecule has 1 aliphatic heterocycles. The summed E-state index contributed by atoms with van der Waals surface area (Å²) in [5, 5.41) is 0. The van der Waals surface area contributed by atoms with Crippen LogP contribution in [-0.2, 0) is 11.2 Å². The first-order valence-electron chi connectivity index (χ1n) is 7.56. The number of quaternary nitrogens is 1. The van der Waals surface area contributed by atoms with Crippen LogP contribution in [0, 0.1) is 0 Å². The zero-order valence-electron chi connectivity index (χ0n) is 12.2. The number of nitrogens with zero attached hydrogens (tertiary/aromatic N) is 1. The summed E-state index contributed by atoms with van der Waals surface area (Å²) in [6, 6.07) is 10.4.